The molecule has 0 aromatic rings. The Hall–Kier alpha value is -0.130. The number of rotatable bonds is 11. The Balaban J connectivity index is 4.84. The van der Waals surface area contributed by atoms with Gasteiger partial charge in [0.25, 0.3) is 0 Å². The van der Waals surface area contributed by atoms with Crippen LogP contribution in [0.2, 0.25) is 0 Å². The second-order valence-electron chi connectivity index (χ2n) is 5.00. The summed E-state index contributed by atoms with van der Waals surface area (Å²) >= 11 is 0. The van der Waals surface area contributed by atoms with E-state index in [1.807, 2.05) is 0 Å². The van der Waals surface area contributed by atoms with Crippen LogP contribution in [0.15, 0.2) is 0 Å². The first kappa shape index (κ1) is 17.9. The van der Waals surface area contributed by atoms with Crippen molar-refractivity contribution in [3.05, 3.63) is 0 Å². The summed E-state index contributed by atoms with van der Waals surface area (Å²) in [6.07, 6.45) is 7.84. The summed E-state index contributed by atoms with van der Waals surface area (Å²) in [6, 6.07) is 0. The molecule has 0 rings (SSSR count). The molecule has 0 aliphatic carbocycles. The third-order valence-electron chi connectivity index (χ3n) is 3.24. The molecule has 0 saturated carbocycles. The predicted octanol–water partition coefficient (Wildman–Crippen LogP) is 4.12. The van der Waals surface area contributed by atoms with Crippen LogP contribution in [-0.2, 0) is 14.6 Å². The fraction of sp³-hybridized carbons (Fsp3) is 1.00. The summed E-state index contributed by atoms with van der Waals surface area (Å²) in [5, 5.41) is 0. The Morgan fingerprint density at radius 3 is 1.44 bits per heavy atom. The van der Waals surface area contributed by atoms with Crippen molar-refractivity contribution in [2.24, 2.45) is 0 Å². The molecule has 0 aliphatic heterocycles. The van der Waals surface area contributed by atoms with E-state index < -0.39 is 16.0 Å². The lowest BCUT2D eigenvalue weighted by molar-refractivity contribution is 0.0300. The Bertz CT molecular complexity index is 276. The summed E-state index contributed by atoms with van der Waals surface area (Å²) in [7, 11) is -4.37. The van der Waals surface area contributed by atoms with E-state index in [1.165, 1.54) is 0 Å². The molecule has 0 spiro atoms. The highest BCUT2D eigenvalue weighted by Gasteiger charge is 2.34. The van der Waals surface area contributed by atoms with Gasteiger partial charge in [-0.05, 0) is 19.3 Å². The minimum absolute atomic E-state index is 0.698. The van der Waals surface area contributed by atoms with Crippen LogP contribution in [0.25, 0.3) is 0 Å². The molecule has 0 aromatic heterocycles. The lowest BCUT2D eigenvalue weighted by atomic mass is 9.86. The van der Waals surface area contributed by atoms with Crippen LogP contribution in [0.5, 0.6) is 0 Å². The quantitative estimate of drug-likeness (QED) is 0.578. The summed E-state index contributed by atoms with van der Waals surface area (Å²) in [5.41, 5.74) is -0.699. The van der Waals surface area contributed by atoms with E-state index in [1.54, 1.807) is 0 Å². The Kier molecular flexibility index (Phi) is 8.82. The van der Waals surface area contributed by atoms with Gasteiger partial charge in [-0.25, -0.2) is 4.18 Å². The maximum Gasteiger partial charge on any atom is 0.397 e. The van der Waals surface area contributed by atoms with Crippen LogP contribution in [0.1, 0.15) is 78.6 Å². The largest absolute Gasteiger partial charge is 0.397 e. The van der Waals surface area contributed by atoms with Gasteiger partial charge in [0.1, 0.15) is 0 Å². The number of hydrogen-bond donors (Lipinski definition) is 1. The normalized spacial score (nSPS) is 12.9. The van der Waals surface area contributed by atoms with Crippen LogP contribution in [0, 0.1) is 0 Å². The van der Waals surface area contributed by atoms with Gasteiger partial charge in [-0.2, -0.15) is 8.42 Å². The smallest absolute Gasteiger partial charge is 0.264 e. The van der Waals surface area contributed by atoms with Crippen LogP contribution < -0.4 is 0 Å². The fourth-order valence-corrected chi connectivity index (χ4v) is 2.92. The monoisotopic (exact) mass is 280 g/mol. The summed E-state index contributed by atoms with van der Waals surface area (Å²) in [4.78, 5) is 0. The fourth-order valence-electron chi connectivity index (χ4n) is 2.22. The second kappa shape index (κ2) is 8.88. The van der Waals surface area contributed by atoms with Crippen molar-refractivity contribution in [1.82, 2.24) is 0 Å². The van der Waals surface area contributed by atoms with Gasteiger partial charge >= 0.3 is 10.4 Å². The maximum atomic E-state index is 11.1. The average molecular weight is 280 g/mol. The van der Waals surface area contributed by atoms with Crippen LogP contribution in [0.4, 0.5) is 0 Å². The highest BCUT2D eigenvalue weighted by atomic mass is 32.3. The van der Waals surface area contributed by atoms with Gasteiger partial charge in [-0.1, -0.05) is 59.3 Å². The molecule has 0 amide bonds. The highest BCUT2D eigenvalue weighted by Crippen LogP contribution is 2.32. The molecule has 0 fully saturated rings. The van der Waals surface area contributed by atoms with Gasteiger partial charge in [-0.15, -0.1) is 0 Å². The first-order valence-electron chi connectivity index (χ1n) is 7.07. The van der Waals surface area contributed by atoms with Crippen LogP contribution in [-0.4, -0.2) is 18.6 Å². The first-order chi connectivity index (χ1) is 8.39. The summed E-state index contributed by atoms with van der Waals surface area (Å²) in [5.74, 6) is 0. The van der Waals surface area contributed by atoms with E-state index >= 15 is 0 Å². The molecule has 0 radical (unpaired) electrons. The zero-order chi connectivity index (χ0) is 14.1. The van der Waals surface area contributed by atoms with Gasteiger partial charge < -0.3 is 0 Å². The van der Waals surface area contributed by atoms with E-state index in [0.717, 1.165) is 38.5 Å². The van der Waals surface area contributed by atoms with Crippen molar-refractivity contribution in [3.63, 3.8) is 0 Å². The van der Waals surface area contributed by atoms with E-state index in [4.69, 9.17) is 8.74 Å². The SMILES string of the molecule is CCCCC(CCCC)(CCCC)OS(=O)(=O)O. The van der Waals surface area contributed by atoms with E-state index in [2.05, 4.69) is 20.8 Å². The molecule has 0 heterocycles. The third-order valence-corrected chi connectivity index (χ3v) is 3.80. The van der Waals surface area contributed by atoms with Crippen molar-refractivity contribution in [2.75, 3.05) is 0 Å². The third kappa shape index (κ3) is 8.06. The standard InChI is InChI=1S/C13H28O4S/c1-4-7-10-13(11-8-5-2,12-9-6-3)17-18(14,15)16/h4-12H2,1-3H3,(H,14,15,16). The molecule has 0 saturated heterocycles. The van der Waals surface area contributed by atoms with Crippen molar-refractivity contribution >= 4 is 10.4 Å². The van der Waals surface area contributed by atoms with Crippen molar-refractivity contribution < 1.29 is 17.2 Å². The molecule has 4 nitrogen and oxygen atoms in total. The molecule has 0 unspecified atom stereocenters. The van der Waals surface area contributed by atoms with Crippen molar-refractivity contribution in [1.29, 1.82) is 0 Å². The molecule has 0 atom stereocenters. The van der Waals surface area contributed by atoms with Gasteiger partial charge in [0.2, 0.25) is 0 Å². The molecular formula is C13H28O4S. The van der Waals surface area contributed by atoms with Gasteiger partial charge in [0, 0.05) is 0 Å². The van der Waals surface area contributed by atoms with Crippen molar-refractivity contribution in [3.8, 4) is 0 Å². The summed E-state index contributed by atoms with van der Waals surface area (Å²) < 4.78 is 36.2. The van der Waals surface area contributed by atoms with E-state index in [-0.39, 0.29) is 0 Å². The minimum atomic E-state index is -4.37. The van der Waals surface area contributed by atoms with E-state index in [9.17, 15) is 8.42 Å². The molecule has 5 heteroatoms. The zero-order valence-corrected chi connectivity index (χ0v) is 12.8. The molecule has 0 bridgehead atoms. The van der Waals surface area contributed by atoms with Gasteiger partial charge in [0.05, 0.1) is 5.60 Å². The van der Waals surface area contributed by atoms with Crippen molar-refractivity contribution in [2.45, 2.75) is 84.2 Å². The average Bonchev–Trinajstić information content (AvgIpc) is 2.29. The maximum absolute atomic E-state index is 11.1. The lowest BCUT2D eigenvalue weighted by Gasteiger charge is -2.32. The molecule has 18 heavy (non-hydrogen) atoms. The molecule has 0 aromatic carbocycles. The lowest BCUT2D eigenvalue weighted by Crippen LogP contribution is -2.35. The molecule has 110 valence electrons. The van der Waals surface area contributed by atoms with E-state index in [0.29, 0.717) is 19.3 Å². The zero-order valence-electron chi connectivity index (χ0n) is 11.9. The minimum Gasteiger partial charge on any atom is -0.264 e. The first-order valence-corrected chi connectivity index (χ1v) is 8.43. The van der Waals surface area contributed by atoms with Crippen LogP contribution in [0.3, 0.4) is 0 Å². The predicted molar refractivity (Wildman–Crippen MR) is 73.9 cm³/mol. The highest BCUT2D eigenvalue weighted by molar-refractivity contribution is 7.80. The van der Waals surface area contributed by atoms with Gasteiger partial charge in [-0.3, -0.25) is 4.55 Å². The molecule has 0 aliphatic rings. The summed E-state index contributed by atoms with van der Waals surface area (Å²) in [6.45, 7) is 6.20. The number of unbranched alkanes of at least 4 members (excludes halogenated alkanes) is 3. The Morgan fingerprint density at radius 1 is 0.889 bits per heavy atom. The topological polar surface area (TPSA) is 63.6 Å². The Labute approximate surface area is 112 Å². The Morgan fingerprint density at radius 2 is 1.22 bits per heavy atom. The number of hydrogen-bond acceptors (Lipinski definition) is 3. The second-order valence-corrected chi connectivity index (χ2v) is 6.03. The molecule has 1 N–H and O–H groups in total. The van der Waals surface area contributed by atoms with Crippen LogP contribution >= 0.6 is 0 Å². The molecular weight excluding hydrogens is 252 g/mol. The van der Waals surface area contributed by atoms with Gasteiger partial charge in [0.15, 0.2) is 0 Å².